The van der Waals surface area contributed by atoms with Gasteiger partial charge in [-0.15, -0.1) is 0 Å². The molecule has 6 nitrogen and oxygen atoms in total. The molecular formula is C32H33ClN4O2. The molecule has 39 heavy (non-hydrogen) atoms. The van der Waals surface area contributed by atoms with Crippen molar-refractivity contribution in [3.05, 3.63) is 106 Å². The smallest absolute Gasteiger partial charge is 0.251 e. The van der Waals surface area contributed by atoms with E-state index in [1.54, 1.807) is 18.3 Å². The number of nitrogens with zero attached hydrogens (tertiary/aromatic N) is 1. The molecule has 0 radical (unpaired) electrons. The van der Waals surface area contributed by atoms with E-state index in [0.717, 1.165) is 23.0 Å². The van der Waals surface area contributed by atoms with Gasteiger partial charge in [-0.05, 0) is 74.2 Å². The van der Waals surface area contributed by atoms with Gasteiger partial charge in [0.1, 0.15) is 0 Å². The number of H-pyrrole nitrogens is 1. The monoisotopic (exact) mass is 540 g/mol. The molecule has 3 aromatic carbocycles. The highest BCUT2D eigenvalue weighted by Crippen LogP contribution is 2.49. The van der Waals surface area contributed by atoms with Crippen LogP contribution in [0.1, 0.15) is 63.6 Å². The Hall–Kier alpha value is -3.61. The van der Waals surface area contributed by atoms with Crippen LogP contribution < -0.4 is 10.6 Å². The van der Waals surface area contributed by atoms with Crippen LogP contribution in [0.3, 0.4) is 0 Å². The van der Waals surface area contributed by atoms with E-state index < -0.39 is 0 Å². The number of aromatic amines is 1. The number of nitrogens with one attached hydrogen (secondary N) is 3. The van der Waals surface area contributed by atoms with Crippen LogP contribution in [0, 0.1) is 0 Å². The lowest BCUT2D eigenvalue weighted by Gasteiger charge is -2.24. The molecule has 1 aliphatic carbocycles. The average molecular weight is 541 g/mol. The number of halogens is 1. The number of benzene rings is 3. The van der Waals surface area contributed by atoms with E-state index in [0.29, 0.717) is 16.1 Å². The number of amides is 2. The van der Waals surface area contributed by atoms with E-state index >= 15 is 0 Å². The molecule has 3 N–H and O–H groups in total. The summed E-state index contributed by atoms with van der Waals surface area (Å²) in [6, 6.07) is 22.8. The predicted octanol–water partition coefficient (Wildman–Crippen LogP) is 5.85. The summed E-state index contributed by atoms with van der Waals surface area (Å²) in [4.78, 5) is 31.9. The molecule has 1 saturated heterocycles. The number of carbonyl (C=O) groups excluding carboxylic acids is 2. The zero-order valence-electron chi connectivity index (χ0n) is 21.9. The number of likely N-dealkylation sites (tertiary alicyclic amines) is 1. The summed E-state index contributed by atoms with van der Waals surface area (Å²) in [6.07, 6.45) is 6.74. The maximum Gasteiger partial charge on any atom is 0.251 e. The molecule has 2 aliphatic rings. The Bertz CT molecular complexity index is 1470. The summed E-state index contributed by atoms with van der Waals surface area (Å²) in [7, 11) is 0. The molecule has 7 heteroatoms. The number of fused-ring (bicyclic) bond motifs is 1. The van der Waals surface area contributed by atoms with E-state index in [1.165, 1.54) is 44.3 Å². The first-order valence-corrected chi connectivity index (χ1v) is 14.1. The summed E-state index contributed by atoms with van der Waals surface area (Å²) in [6.45, 7) is 3.79. The van der Waals surface area contributed by atoms with E-state index in [1.807, 2.05) is 48.5 Å². The molecule has 4 aromatic rings. The number of rotatable bonds is 9. The highest BCUT2D eigenvalue weighted by atomic mass is 35.5. The van der Waals surface area contributed by atoms with Crippen molar-refractivity contribution in [2.75, 3.05) is 26.2 Å². The van der Waals surface area contributed by atoms with Gasteiger partial charge >= 0.3 is 0 Å². The molecule has 1 aromatic heterocycles. The Morgan fingerprint density at radius 2 is 1.64 bits per heavy atom. The van der Waals surface area contributed by atoms with Gasteiger partial charge in [0, 0.05) is 46.7 Å². The Morgan fingerprint density at radius 1 is 0.923 bits per heavy atom. The molecule has 0 spiro atoms. The molecular weight excluding hydrogens is 508 g/mol. The van der Waals surface area contributed by atoms with Gasteiger partial charge < -0.3 is 20.5 Å². The molecule has 2 fully saturated rings. The molecule has 0 bridgehead atoms. The highest BCUT2D eigenvalue weighted by Gasteiger charge is 2.45. The first-order valence-electron chi connectivity index (χ1n) is 13.7. The van der Waals surface area contributed by atoms with Crippen LogP contribution in [-0.2, 0) is 5.41 Å². The van der Waals surface area contributed by atoms with Crippen LogP contribution >= 0.6 is 11.6 Å². The van der Waals surface area contributed by atoms with Crippen molar-refractivity contribution in [1.82, 2.24) is 20.5 Å². The first-order chi connectivity index (χ1) is 19.0. The minimum Gasteiger partial charge on any atom is -0.360 e. The largest absolute Gasteiger partial charge is 0.360 e. The zero-order chi connectivity index (χ0) is 26.8. The molecule has 200 valence electrons. The summed E-state index contributed by atoms with van der Waals surface area (Å²) >= 11 is 6.17. The average Bonchev–Trinajstić information content (AvgIpc) is 3.38. The number of hydrogen-bond donors (Lipinski definition) is 3. The van der Waals surface area contributed by atoms with Crippen LogP contribution in [0.4, 0.5) is 0 Å². The molecule has 1 atom stereocenters. The van der Waals surface area contributed by atoms with Crippen LogP contribution in [0.15, 0.2) is 79.0 Å². The van der Waals surface area contributed by atoms with Crippen LogP contribution in [0.5, 0.6) is 0 Å². The maximum absolute atomic E-state index is 13.3. The molecule has 1 unspecified atom stereocenters. The van der Waals surface area contributed by atoms with Gasteiger partial charge in [0.2, 0.25) is 0 Å². The van der Waals surface area contributed by atoms with Gasteiger partial charge in [0.05, 0.1) is 11.1 Å². The summed E-state index contributed by atoms with van der Waals surface area (Å²) in [5, 5.41) is 7.62. The Balaban J connectivity index is 1.13. The van der Waals surface area contributed by atoms with Crippen LogP contribution in [0.2, 0.25) is 5.02 Å². The third kappa shape index (κ3) is 5.58. The predicted molar refractivity (Wildman–Crippen MR) is 155 cm³/mol. The Labute approximate surface area is 233 Å². The summed E-state index contributed by atoms with van der Waals surface area (Å²) in [5.74, 6) is -0.369. The minimum absolute atomic E-state index is 0.156. The lowest BCUT2D eigenvalue weighted by atomic mass is 9.94. The Morgan fingerprint density at radius 3 is 2.36 bits per heavy atom. The van der Waals surface area contributed by atoms with Gasteiger partial charge in [-0.3, -0.25) is 9.59 Å². The van der Waals surface area contributed by atoms with Crippen LogP contribution in [-0.4, -0.2) is 47.9 Å². The summed E-state index contributed by atoms with van der Waals surface area (Å²) < 4.78 is 0. The van der Waals surface area contributed by atoms with Crippen molar-refractivity contribution < 1.29 is 9.59 Å². The maximum atomic E-state index is 13.3. The number of carbonyl (C=O) groups is 2. The SMILES string of the molecule is O=C(NCC(NC(=O)c1ccc(C2(CN3CCCC3)CC2)cc1)c1ccccc1)c1ccc2c(Cl)c[nH]c2c1. The summed E-state index contributed by atoms with van der Waals surface area (Å²) in [5.41, 5.74) is 4.47. The van der Waals surface area contributed by atoms with E-state index in [9.17, 15) is 9.59 Å². The van der Waals surface area contributed by atoms with Gasteiger partial charge in [-0.1, -0.05) is 60.1 Å². The van der Waals surface area contributed by atoms with Crippen molar-refractivity contribution in [2.45, 2.75) is 37.1 Å². The fraction of sp³-hybridized carbons (Fsp3) is 0.312. The van der Waals surface area contributed by atoms with E-state index in [-0.39, 0.29) is 29.8 Å². The van der Waals surface area contributed by atoms with Gasteiger partial charge in [0.15, 0.2) is 0 Å². The third-order valence-corrected chi connectivity index (χ3v) is 8.52. The van der Waals surface area contributed by atoms with E-state index in [4.69, 9.17) is 11.6 Å². The molecule has 1 saturated carbocycles. The van der Waals surface area contributed by atoms with Crippen molar-refractivity contribution in [1.29, 1.82) is 0 Å². The van der Waals surface area contributed by atoms with Gasteiger partial charge in [0.25, 0.3) is 11.8 Å². The van der Waals surface area contributed by atoms with Gasteiger partial charge in [-0.2, -0.15) is 0 Å². The lowest BCUT2D eigenvalue weighted by Crippen LogP contribution is -2.38. The van der Waals surface area contributed by atoms with Crippen molar-refractivity contribution in [3.63, 3.8) is 0 Å². The Kier molecular flexibility index (Phi) is 7.15. The second-order valence-electron chi connectivity index (χ2n) is 10.9. The van der Waals surface area contributed by atoms with Crippen molar-refractivity contribution in [2.24, 2.45) is 0 Å². The second-order valence-corrected chi connectivity index (χ2v) is 11.3. The topological polar surface area (TPSA) is 77.2 Å². The third-order valence-electron chi connectivity index (χ3n) is 8.21. The zero-order valence-corrected chi connectivity index (χ0v) is 22.6. The number of hydrogen-bond acceptors (Lipinski definition) is 3. The van der Waals surface area contributed by atoms with Gasteiger partial charge in [-0.25, -0.2) is 0 Å². The molecule has 2 heterocycles. The van der Waals surface area contributed by atoms with Crippen molar-refractivity contribution >= 4 is 34.3 Å². The lowest BCUT2D eigenvalue weighted by molar-refractivity contribution is 0.0908. The highest BCUT2D eigenvalue weighted by molar-refractivity contribution is 6.35. The quantitative estimate of drug-likeness (QED) is 0.249. The normalized spacial score (nSPS) is 17.2. The standard InChI is InChI=1S/C32H33ClN4O2/c33-27-19-34-28-18-24(10-13-26(27)28)30(38)35-20-29(22-6-2-1-3-7-22)36-31(39)23-8-11-25(12-9-23)32(14-15-32)21-37-16-4-5-17-37/h1-3,6-13,18-19,29,34H,4-5,14-17,20-21H2,(H,35,38)(H,36,39). The number of aromatic nitrogens is 1. The fourth-order valence-corrected chi connectivity index (χ4v) is 5.96. The first kappa shape index (κ1) is 25.7. The molecule has 1 aliphatic heterocycles. The fourth-order valence-electron chi connectivity index (χ4n) is 5.74. The minimum atomic E-state index is -0.379. The second kappa shape index (κ2) is 10.9. The van der Waals surface area contributed by atoms with E-state index in [2.05, 4.69) is 32.7 Å². The molecule has 6 rings (SSSR count). The molecule has 2 amide bonds. The van der Waals surface area contributed by atoms with Crippen molar-refractivity contribution in [3.8, 4) is 0 Å². The van der Waals surface area contributed by atoms with Crippen LogP contribution in [0.25, 0.3) is 10.9 Å².